The lowest BCUT2D eigenvalue weighted by Gasteiger charge is -2.23. The zero-order valence-electron chi connectivity index (χ0n) is 13.2. The molecule has 0 bridgehead atoms. The topological polar surface area (TPSA) is 76.2 Å². The molecule has 114 valence electrons. The fourth-order valence-corrected chi connectivity index (χ4v) is 2.26. The van der Waals surface area contributed by atoms with Crippen LogP contribution >= 0.6 is 0 Å². The number of nitrogen functional groups attached to an aromatic ring is 1. The Morgan fingerprint density at radius 3 is 2.60 bits per heavy atom. The zero-order valence-corrected chi connectivity index (χ0v) is 13.2. The van der Waals surface area contributed by atoms with E-state index < -0.39 is 0 Å². The largest absolute Gasteiger partial charge is 0.394 e. The highest BCUT2D eigenvalue weighted by atomic mass is 16.2. The van der Waals surface area contributed by atoms with Crippen LogP contribution in [0.15, 0.2) is 0 Å². The fraction of sp³-hybridized carbons (Fsp3) is 0.714. The molecule has 1 aromatic rings. The van der Waals surface area contributed by atoms with Crippen LogP contribution in [0.1, 0.15) is 39.8 Å². The van der Waals surface area contributed by atoms with E-state index in [1.807, 2.05) is 32.7 Å². The van der Waals surface area contributed by atoms with E-state index in [1.54, 1.807) is 4.68 Å². The Balaban J connectivity index is 2.92. The molecule has 0 radical (unpaired) electrons. The molecule has 1 amide bonds. The van der Waals surface area contributed by atoms with Gasteiger partial charge in [-0.25, -0.2) is 0 Å². The molecule has 6 heteroatoms. The maximum atomic E-state index is 11.9. The summed E-state index contributed by atoms with van der Waals surface area (Å²) < 4.78 is 1.77. The van der Waals surface area contributed by atoms with E-state index in [2.05, 4.69) is 17.3 Å². The third kappa shape index (κ3) is 3.88. The Morgan fingerprint density at radius 2 is 2.10 bits per heavy atom. The Labute approximate surface area is 121 Å². The second-order valence-corrected chi connectivity index (χ2v) is 5.29. The van der Waals surface area contributed by atoms with E-state index in [0.29, 0.717) is 18.8 Å². The van der Waals surface area contributed by atoms with Crippen LogP contribution in [-0.4, -0.2) is 34.8 Å². The summed E-state index contributed by atoms with van der Waals surface area (Å²) in [7, 11) is 1.87. The van der Waals surface area contributed by atoms with Gasteiger partial charge in [0.05, 0.1) is 17.9 Å². The number of anilines is 2. The Kier molecular flexibility index (Phi) is 5.85. The highest BCUT2D eigenvalue weighted by molar-refractivity contribution is 5.82. The molecule has 0 unspecified atom stereocenters. The summed E-state index contributed by atoms with van der Waals surface area (Å²) in [6.07, 6.45) is 1.86. The van der Waals surface area contributed by atoms with Crippen LogP contribution in [0.25, 0.3) is 0 Å². The number of carbonyl (C=O) groups is 1. The maximum absolute atomic E-state index is 11.9. The molecule has 0 aromatic carbocycles. The van der Waals surface area contributed by atoms with Crippen molar-refractivity contribution < 1.29 is 4.79 Å². The molecular weight excluding hydrogens is 254 g/mol. The molecule has 3 N–H and O–H groups in total. The normalized spacial score (nSPS) is 10.9. The molecular formula is C14H27N5O. The van der Waals surface area contributed by atoms with Gasteiger partial charge in [0.25, 0.3) is 0 Å². The lowest BCUT2D eigenvalue weighted by molar-refractivity contribution is -0.120. The second-order valence-electron chi connectivity index (χ2n) is 5.29. The van der Waals surface area contributed by atoms with Gasteiger partial charge < -0.3 is 16.0 Å². The standard InChI is InChI=1S/C14H27N5O/c1-6-8-11-13(15)14(18(5)17-11)19(7-2)9-12(20)16-10(3)4/h10H,6-9,15H2,1-5H3,(H,16,20). The van der Waals surface area contributed by atoms with Crippen LogP contribution in [0.2, 0.25) is 0 Å². The van der Waals surface area contributed by atoms with Crippen molar-refractivity contribution >= 4 is 17.4 Å². The molecule has 0 spiro atoms. The minimum Gasteiger partial charge on any atom is -0.394 e. The van der Waals surface area contributed by atoms with Crippen LogP contribution in [0.5, 0.6) is 0 Å². The summed E-state index contributed by atoms with van der Waals surface area (Å²) in [6.45, 7) is 9.01. The fourth-order valence-electron chi connectivity index (χ4n) is 2.26. The quantitative estimate of drug-likeness (QED) is 0.790. The van der Waals surface area contributed by atoms with Crippen molar-refractivity contribution in [3.8, 4) is 0 Å². The van der Waals surface area contributed by atoms with Crippen molar-refractivity contribution in [1.82, 2.24) is 15.1 Å². The molecule has 1 aromatic heterocycles. The Bertz CT molecular complexity index is 453. The first-order valence-electron chi connectivity index (χ1n) is 7.26. The van der Waals surface area contributed by atoms with Crippen LogP contribution in [0.4, 0.5) is 11.5 Å². The monoisotopic (exact) mass is 281 g/mol. The molecule has 20 heavy (non-hydrogen) atoms. The first kappa shape index (κ1) is 16.3. The summed E-state index contributed by atoms with van der Waals surface area (Å²) in [5.41, 5.74) is 7.79. The minimum absolute atomic E-state index is 0.000471. The van der Waals surface area contributed by atoms with Gasteiger partial charge in [-0.3, -0.25) is 9.48 Å². The average Bonchev–Trinajstić information content (AvgIpc) is 2.62. The van der Waals surface area contributed by atoms with Crippen LogP contribution in [0, 0.1) is 0 Å². The van der Waals surface area contributed by atoms with Crippen molar-refractivity contribution in [3.63, 3.8) is 0 Å². The van der Waals surface area contributed by atoms with Gasteiger partial charge in [0, 0.05) is 19.6 Å². The smallest absolute Gasteiger partial charge is 0.239 e. The molecule has 0 fully saturated rings. The van der Waals surface area contributed by atoms with E-state index in [-0.39, 0.29) is 11.9 Å². The summed E-state index contributed by atoms with van der Waals surface area (Å²) in [4.78, 5) is 13.9. The second kappa shape index (κ2) is 7.17. The average molecular weight is 281 g/mol. The number of nitrogens with one attached hydrogen (secondary N) is 1. The number of amides is 1. The van der Waals surface area contributed by atoms with Gasteiger partial charge in [-0.2, -0.15) is 5.10 Å². The summed E-state index contributed by atoms with van der Waals surface area (Å²) in [5, 5.41) is 7.35. The number of aryl methyl sites for hydroxylation is 2. The number of rotatable bonds is 7. The highest BCUT2D eigenvalue weighted by Crippen LogP contribution is 2.26. The number of hydrogen-bond acceptors (Lipinski definition) is 4. The zero-order chi connectivity index (χ0) is 15.3. The van der Waals surface area contributed by atoms with Gasteiger partial charge in [-0.05, 0) is 27.2 Å². The summed E-state index contributed by atoms with van der Waals surface area (Å²) in [6, 6.07) is 0.140. The van der Waals surface area contributed by atoms with Crippen molar-refractivity contribution in [1.29, 1.82) is 0 Å². The van der Waals surface area contributed by atoms with Gasteiger partial charge >= 0.3 is 0 Å². The van der Waals surface area contributed by atoms with Crippen LogP contribution in [0.3, 0.4) is 0 Å². The molecule has 1 rings (SSSR count). The molecule has 1 heterocycles. The van der Waals surface area contributed by atoms with Gasteiger partial charge in [0.1, 0.15) is 0 Å². The lowest BCUT2D eigenvalue weighted by Crippen LogP contribution is -2.41. The number of nitrogens with two attached hydrogens (primary N) is 1. The molecule has 0 saturated heterocycles. The predicted octanol–water partition coefficient (Wildman–Crippen LogP) is 1.31. The van der Waals surface area contributed by atoms with E-state index in [9.17, 15) is 4.79 Å². The third-order valence-corrected chi connectivity index (χ3v) is 3.08. The van der Waals surface area contributed by atoms with Crippen LogP contribution < -0.4 is 16.0 Å². The third-order valence-electron chi connectivity index (χ3n) is 3.08. The van der Waals surface area contributed by atoms with Gasteiger partial charge in [0.15, 0.2) is 5.82 Å². The number of nitrogens with zero attached hydrogens (tertiary/aromatic N) is 3. The highest BCUT2D eigenvalue weighted by Gasteiger charge is 2.20. The van der Waals surface area contributed by atoms with Gasteiger partial charge in [0.2, 0.25) is 5.91 Å². The minimum atomic E-state index is -0.000471. The van der Waals surface area contributed by atoms with E-state index in [1.165, 1.54) is 0 Å². The van der Waals surface area contributed by atoms with Crippen molar-refractivity contribution in [2.24, 2.45) is 7.05 Å². The lowest BCUT2D eigenvalue weighted by atomic mass is 10.2. The summed E-state index contributed by atoms with van der Waals surface area (Å²) >= 11 is 0. The van der Waals surface area contributed by atoms with Crippen LogP contribution in [-0.2, 0) is 18.3 Å². The Morgan fingerprint density at radius 1 is 1.45 bits per heavy atom. The summed E-state index contributed by atoms with van der Waals surface area (Å²) in [5.74, 6) is 0.828. The Hall–Kier alpha value is -1.72. The molecule has 0 saturated carbocycles. The van der Waals surface area contributed by atoms with E-state index >= 15 is 0 Å². The molecule has 0 aliphatic heterocycles. The molecule has 0 aliphatic rings. The molecule has 6 nitrogen and oxygen atoms in total. The predicted molar refractivity (Wildman–Crippen MR) is 82.8 cm³/mol. The van der Waals surface area contributed by atoms with Crippen molar-refractivity contribution in [2.75, 3.05) is 23.7 Å². The molecule has 0 aliphatic carbocycles. The first-order valence-corrected chi connectivity index (χ1v) is 7.26. The van der Waals surface area contributed by atoms with Crippen molar-refractivity contribution in [3.05, 3.63) is 5.69 Å². The SMILES string of the molecule is CCCc1nn(C)c(N(CC)CC(=O)NC(C)C)c1N. The molecule has 0 atom stereocenters. The van der Waals surface area contributed by atoms with Crippen molar-refractivity contribution in [2.45, 2.75) is 46.6 Å². The van der Waals surface area contributed by atoms with E-state index in [4.69, 9.17) is 5.73 Å². The van der Waals surface area contributed by atoms with Gasteiger partial charge in [-0.1, -0.05) is 13.3 Å². The number of likely N-dealkylation sites (N-methyl/N-ethyl adjacent to an activating group) is 1. The van der Waals surface area contributed by atoms with E-state index in [0.717, 1.165) is 24.4 Å². The number of aromatic nitrogens is 2. The first-order chi connectivity index (χ1) is 9.40. The van der Waals surface area contributed by atoms with Gasteiger partial charge in [-0.15, -0.1) is 0 Å². The number of hydrogen-bond donors (Lipinski definition) is 2. The number of carbonyl (C=O) groups excluding carboxylic acids is 1. The maximum Gasteiger partial charge on any atom is 0.239 e.